The van der Waals surface area contributed by atoms with Crippen molar-refractivity contribution in [2.24, 2.45) is 0 Å². The second kappa shape index (κ2) is 12.9. The van der Waals surface area contributed by atoms with Crippen molar-refractivity contribution in [2.45, 2.75) is 18.9 Å². The van der Waals surface area contributed by atoms with Gasteiger partial charge in [-0.25, -0.2) is 0 Å². The van der Waals surface area contributed by atoms with Crippen LogP contribution in [0.5, 0.6) is 40.2 Å². The van der Waals surface area contributed by atoms with Gasteiger partial charge >= 0.3 is 0 Å². The van der Waals surface area contributed by atoms with Crippen LogP contribution >= 0.6 is 0 Å². The van der Waals surface area contributed by atoms with E-state index in [0.717, 1.165) is 24.1 Å². The highest BCUT2D eigenvalue weighted by atomic mass is 16.5. The van der Waals surface area contributed by atoms with Crippen LogP contribution in [0.2, 0.25) is 0 Å². The van der Waals surface area contributed by atoms with Crippen LogP contribution < -0.4 is 38.5 Å². The van der Waals surface area contributed by atoms with Crippen molar-refractivity contribution in [3.05, 3.63) is 58.7 Å². The molecule has 41 heavy (non-hydrogen) atoms. The minimum absolute atomic E-state index is 0.00786. The van der Waals surface area contributed by atoms with Gasteiger partial charge in [-0.1, -0.05) is 0 Å². The standard InChI is InChI=1S/C31H38N2O8/c1-33-10-9-18-12-24(35-2)26(37-4)16-21(18)23(33)11-19-13-25(36-3)27(38-5)17-22(19)32-31(34)20-14-28(39-6)30(41-8)29(15-20)40-7/h12-17,23H,9-11H2,1-8H3,(H,32,34)/t23-/m1/s1. The minimum atomic E-state index is -0.346. The van der Waals surface area contributed by atoms with E-state index in [4.69, 9.17) is 33.2 Å². The monoisotopic (exact) mass is 566 g/mol. The van der Waals surface area contributed by atoms with E-state index in [-0.39, 0.29) is 11.9 Å². The Morgan fingerprint density at radius 3 is 1.83 bits per heavy atom. The van der Waals surface area contributed by atoms with Crippen molar-refractivity contribution in [2.75, 3.05) is 68.7 Å². The van der Waals surface area contributed by atoms with Crippen LogP contribution in [0, 0.1) is 0 Å². The van der Waals surface area contributed by atoms with E-state index < -0.39 is 0 Å². The number of anilines is 1. The van der Waals surface area contributed by atoms with Crippen LogP contribution in [-0.4, -0.2) is 74.2 Å². The Morgan fingerprint density at radius 1 is 0.732 bits per heavy atom. The molecule has 4 rings (SSSR count). The molecule has 0 fully saturated rings. The van der Waals surface area contributed by atoms with Gasteiger partial charge in [0.05, 0.1) is 49.8 Å². The van der Waals surface area contributed by atoms with E-state index >= 15 is 0 Å². The smallest absolute Gasteiger partial charge is 0.255 e. The number of fused-ring (bicyclic) bond motifs is 1. The number of nitrogens with zero attached hydrogens (tertiary/aromatic N) is 1. The largest absolute Gasteiger partial charge is 0.493 e. The predicted molar refractivity (Wildman–Crippen MR) is 156 cm³/mol. The summed E-state index contributed by atoms with van der Waals surface area (Å²) in [5, 5.41) is 3.07. The second-order valence-corrected chi connectivity index (χ2v) is 9.59. The lowest BCUT2D eigenvalue weighted by molar-refractivity contribution is 0.102. The molecule has 0 aromatic heterocycles. The van der Waals surface area contributed by atoms with Gasteiger partial charge in [-0.3, -0.25) is 9.69 Å². The summed E-state index contributed by atoms with van der Waals surface area (Å²) >= 11 is 0. The van der Waals surface area contributed by atoms with Gasteiger partial charge in [-0.15, -0.1) is 0 Å². The van der Waals surface area contributed by atoms with Crippen LogP contribution in [0.4, 0.5) is 5.69 Å². The number of hydrogen-bond acceptors (Lipinski definition) is 9. The van der Waals surface area contributed by atoms with Crippen LogP contribution in [0.3, 0.4) is 0 Å². The van der Waals surface area contributed by atoms with Crippen LogP contribution in [-0.2, 0) is 12.8 Å². The molecule has 3 aromatic carbocycles. The number of ether oxygens (including phenoxy) is 7. The highest BCUT2D eigenvalue weighted by Gasteiger charge is 2.29. The Hall–Kier alpha value is -4.31. The molecule has 10 nitrogen and oxygen atoms in total. The fraction of sp³-hybridized carbons (Fsp3) is 0.387. The summed E-state index contributed by atoms with van der Waals surface area (Å²) in [6.45, 7) is 0.869. The number of rotatable bonds is 11. The summed E-state index contributed by atoms with van der Waals surface area (Å²) in [6.07, 6.45) is 1.48. The summed E-state index contributed by atoms with van der Waals surface area (Å²) in [4.78, 5) is 15.9. The molecular formula is C31H38N2O8. The van der Waals surface area contributed by atoms with E-state index in [0.29, 0.717) is 57.9 Å². The average molecular weight is 567 g/mol. The van der Waals surface area contributed by atoms with Crippen molar-refractivity contribution < 1.29 is 38.0 Å². The Kier molecular flexibility index (Phi) is 9.34. The maximum atomic E-state index is 13.6. The van der Waals surface area contributed by atoms with Gasteiger partial charge in [0, 0.05) is 29.9 Å². The zero-order valence-corrected chi connectivity index (χ0v) is 24.9. The molecule has 0 bridgehead atoms. The normalized spacial score (nSPS) is 14.5. The van der Waals surface area contributed by atoms with Crippen molar-refractivity contribution >= 4 is 11.6 Å². The van der Waals surface area contributed by atoms with E-state index in [9.17, 15) is 4.79 Å². The first-order valence-electron chi connectivity index (χ1n) is 13.1. The van der Waals surface area contributed by atoms with Crippen molar-refractivity contribution in [1.29, 1.82) is 0 Å². The molecule has 3 aromatic rings. The zero-order chi connectivity index (χ0) is 29.7. The SMILES string of the molecule is COc1cc(C[C@@H]2c3cc(OC)c(OC)cc3CCN2C)c(NC(=O)c2cc(OC)c(OC)c(OC)c2)cc1OC. The molecular weight excluding hydrogens is 528 g/mol. The molecule has 220 valence electrons. The molecule has 0 radical (unpaired) electrons. The molecule has 1 aliphatic rings. The maximum Gasteiger partial charge on any atom is 0.255 e. The number of benzene rings is 3. The zero-order valence-electron chi connectivity index (χ0n) is 24.9. The van der Waals surface area contributed by atoms with Gasteiger partial charge in [-0.2, -0.15) is 0 Å². The molecule has 1 aliphatic heterocycles. The Labute approximate surface area is 241 Å². The third-order valence-corrected chi connectivity index (χ3v) is 7.47. The molecule has 1 amide bonds. The van der Waals surface area contributed by atoms with Crippen LogP contribution in [0.25, 0.3) is 0 Å². The number of carbonyl (C=O) groups is 1. The summed E-state index contributed by atoms with van der Waals surface area (Å²) in [5.41, 5.74) is 4.17. The molecule has 0 spiro atoms. The molecule has 0 saturated heterocycles. The Bertz CT molecular complexity index is 1380. The molecule has 1 atom stereocenters. The quantitative estimate of drug-likeness (QED) is 0.352. The Morgan fingerprint density at radius 2 is 1.27 bits per heavy atom. The topological polar surface area (TPSA) is 97.0 Å². The number of hydrogen-bond donors (Lipinski definition) is 1. The summed E-state index contributed by atoms with van der Waals surface area (Å²) in [7, 11) is 13.1. The molecule has 1 heterocycles. The van der Waals surface area contributed by atoms with Gasteiger partial charge in [0.2, 0.25) is 5.75 Å². The van der Waals surface area contributed by atoms with Gasteiger partial charge in [0.15, 0.2) is 34.5 Å². The molecule has 0 aliphatic carbocycles. The predicted octanol–water partition coefficient (Wildman–Crippen LogP) is 4.77. The van der Waals surface area contributed by atoms with E-state index in [2.05, 4.69) is 23.3 Å². The number of carbonyl (C=O) groups excluding carboxylic acids is 1. The highest BCUT2D eigenvalue weighted by molar-refractivity contribution is 6.05. The minimum Gasteiger partial charge on any atom is -0.493 e. The number of nitrogens with one attached hydrogen (secondary N) is 1. The first kappa shape index (κ1) is 29.7. The fourth-order valence-electron chi connectivity index (χ4n) is 5.24. The number of amides is 1. The van der Waals surface area contributed by atoms with Crippen LogP contribution in [0.15, 0.2) is 36.4 Å². The Balaban J connectivity index is 1.76. The van der Waals surface area contributed by atoms with E-state index in [1.54, 1.807) is 46.6 Å². The highest BCUT2D eigenvalue weighted by Crippen LogP contribution is 2.42. The van der Waals surface area contributed by atoms with E-state index in [1.165, 1.54) is 26.9 Å². The number of methoxy groups -OCH3 is 7. The summed E-state index contributed by atoms with van der Waals surface area (Å²) in [6, 6.07) is 11.0. The lowest BCUT2D eigenvalue weighted by atomic mass is 9.88. The first-order chi connectivity index (χ1) is 19.8. The lowest BCUT2D eigenvalue weighted by Gasteiger charge is -2.35. The molecule has 10 heteroatoms. The maximum absolute atomic E-state index is 13.6. The van der Waals surface area contributed by atoms with Crippen molar-refractivity contribution in [1.82, 2.24) is 4.90 Å². The van der Waals surface area contributed by atoms with Crippen molar-refractivity contribution in [3.63, 3.8) is 0 Å². The average Bonchev–Trinajstić information content (AvgIpc) is 3.00. The molecule has 0 unspecified atom stereocenters. The van der Waals surface area contributed by atoms with Gasteiger partial charge in [-0.05, 0) is 66.9 Å². The van der Waals surface area contributed by atoms with E-state index in [1.807, 2.05) is 12.1 Å². The van der Waals surface area contributed by atoms with Crippen LogP contribution in [0.1, 0.15) is 33.1 Å². The number of likely N-dealkylation sites (N-methyl/N-ethyl adjacent to an activating group) is 1. The second-order valence-electron chi connectivity index (χ2n) is 9.59. The first-order valence-corrected chi connectivity index (χ1v) is 13.1. The molecule has 0 saturated carbocycles. The third-order valence-electron chi connectivity index (χ3n) is 7.47. The van der Waals surface area contributed by atoms with Gasteiger partial charge in [0.25, 0.3) is 5.91 Å². The molecule has 1 N–H and O–H groups in total. The fourth-order valence-corrected chi connectivity index (χ4v) is 5.24. The summed E-state index contributed by atoms with van der Waals surface area (Å²) in [5.74, 6) is 3.28. The van der Waals surface area contributed by atoms with Gasteiger partial charge in [0.1, 0.15) is 0 Å². The van der Waals surface area contributed by atoms with Crippen molar-refractivity contribution in [3.8, 4) is 40.2 Å². The van der Waals surface area contributed by atoms with Gasteiger partial charge < -0.3 is 38.5 Å². The summed E-state index contributed by atoms with van der Waals surface area (Å²) < 4.78 is 38.7. The lowest BCUT2D eigenvalue weighted by Crippen LogP contribution is -2.33. The third kappa shape index (κ3) is 5.92.